The molecule has 1 unspecified atom stereocenters. The summed E-state index contributed by atoms with van der Waals surface area (Å²) in [5.74, 6) is 0.908. The fraction of sp³-hybridized carbons (Fsp3) is 0.400. The van der Waals surface area contributed by atoms with Gasteiger partial charge in [-0.15, -0.1) is 0 Å². The first kappa shape index (κ1) is 18.8. The molecule has 3 rings (SSSR count). The number of nitrogens with one attached hydrogen (secondary N) is 1. The molecule has 1 aliphatic heterocycles. The maximum atomic E-state index is 12.7. The van der Waals surface area contributed by atoms with E-state index in [1.54, 1.807) is 33.1 Å². The lowest BCUT2D eigenvalue weighted by atomic mass is 10.0. The average Bonchev–Trinajstić information content (AvgIpc) is 2.68. The van der Waals surface area contributed by atoms with E-state index in [4.69, 9.17) is 4.74 Å². The van der Waals surface area contributed by atoms with Crippen molar-refractivity contribution in [3.63, 3.8) is 0 Å². The Kier molecular flexibility index (Phi) is 5.69. The predicted molar refractivity (Wildman–Crippen MR) is 102 cm³/mol. The molecule has 1 atom stereocenters. The van der Waals surface area contributed by atoms with Crippen LogP contribution in [0.3, 0.4) is 0 Å². The topological polar surface area (TPSA) is 84.4 Å². The quantitative estimate of drug-likeness (QED) is 0.896. The van der Waals surface area contributed by atoms with Crippen LogP contribution in [0.2, 0.25) is 0 Å². The zero-order valence-corrected chi connectivity index (χ0v) is 15.9. The van der Waals surface area contributed by atoms with Gasteiger partial charge >= 0.3 is 0 Å². The molecule has 1 aliphatic rings. The van der Waals surface area contributed by atoms with E-state index in [2.05, 4.69) is 15.3 Å². The van der Waals surface area contributed by atoms with Crippen LogP contribution in [0.25, 0.3) is 0 Å². The van der Waals surface area contributed by atoms with Crippen molar-refractivity contribution < 1.29 is 14.3 Å². The Morgan fingerprint density at radius 3 is 2.74 bits per heavy atom. The average molecular weight is 368 g/mol. The number of anilines is 1. The normalized spacial score (nSPS) is 16.7. The number of amides is 2. The lowest BCUT2D eigenvalue weighted by Crippen LogP contribution is -2.38. The third-order valence-corrected chi connectivity index (χ3v) is 4.80. The van der Waals surface area contributed by atoms with Gasteiger partial charge in [0.2, 0.25) is 5.91 Å². The van der Waals surface area contributed by atoms with Crippen LogP contribution in [-0.2, 0) is 4.79 Å². The Morgan fingerprint density at radius 1 is 1.26 bits per heavy atom. The van der Waals surface area contributed by atoms with Crippen LogP contribution in [0.4, 0.5) is 5.69 Å². The Morgan fingerprint density at radius 2 is 2.04 bits per heavy atom. The van der Waals surface area contributed by atoms with E-state index in [0.717, 1.165) is 25.8 Å². The minimum atomic E-state index is -0.296. The van der Waals surface area contributed by atoms with Crippen molar-refractivity contribution in [2.45, 2.75) is 39.2 Å². The zero-order valence-electron chi connectivity index (χ0n) is 15.9. The molecule has 142 valence electrons. The van der Waals surface area contributed by atoms with Crippen molar-refractivity contribution in [1.82, 2.24) is 14.9 Å². The van der Waals surface area contributed by atoms with E-state index in [0.29, 0.717) is 28.5 Å². The highest BCUT2D eigenvalue weighted by molar-refractivity contribution is 6.05. The summed E-state index contributed by atoms with van der Waals surface area (Å²) in [5.41, 5.74) is 1.57. The number of benzene rings is 1. The van der Waals surface area contributed by atoms with Crippen LogP contribution in [0.5, 0.6) is 5.75 Å². The molecule has 1 N–H and O–H groups in total. The molecule has 1 aromatic carbocycles. The van der Waals surface area contributed by atoms with E-state index < -0.39 is 0 Å². The number of hydrogen-bond donors (Lipinski definition) is 1. The predicted octanol–water partition coefficient (Wildman–Crippen LogP) is 3.12. The molecule has 0 saturated carbocycles. The van der Waals surface area contributed by atoms with E-state index in [1.807, 2.05) is 17.0 Å². The summed E-state index contributed by atoms with van der Waals surface area (Å²) in [6.07, 6.45) is 4.41. The van der Waals surface area contributed by atoms with Gasteiger partial charge in [-0.1, -0.05) is 12.1 Å². The number of aromatic nitrogens is 2. The second kappa shape index (κ2) is 8.16. The summed E-state index contributed by atoms with van der Waals surface area (Å²) < 4.78 is 5.26. The monoisotopic (exact) mass is 368 g/mol. The number of methoxy groups -OCH3 is 1. The number of nitrogens with zero attached hydrogens (tertiary/aromatic N) is 3. The first-order valence-electron chi connectivity index (χ1n) is 9.06. The van der Waals surface area contributed by atoms with Crippen LogP contribution in [-0.4, -0.2) is 40.3 Å². The highest BCUT2D eigenvalue weighted by Crippen LogP contribution is 2.29. The molecule has 0 radical (unpaired) electrons. The molecule has 2 aromatic rings. The molecule has 0 spiro atoms. The number of piperidine rings is 1. The maximum absolute atomic E-state index is 12.7. The Bertz CT molecular complexity index is 853. The minimum absolute atomic E-state index is 0.0268. The molecule has 1 saturated heterocycles. The van der Waals surface area contributed by atoms with Gasteiger partial charge in [-0.25, -0.2) is 9.97 Å². The van der Waals surface area contributed by atoms with Gasteiger partial charge in [-0.2, -0.15) is 0 Å². The third kappa shape index (κ3) is 4.07. The maximum Gasteiger partial charge on any atom is 0.259 e. The fourth-order valence-corrected chi connectivity index (χ4v) is 3.38. The first-order chi connectivity index (χ1) is 13.0. The van der Waals surface area contributed by atoms with Gasteiger partial charge in [0.1, 0.15) is 5.75 Å². The van der Waals surface area contributed by atoms with Crippen LogP contribution < -0.4 is 10.1 Å². The summed E-state index contributed by atoms with van der Waals surface area (Å²) >= 11 is 0. The van der Waals surface area contributed by atoms with Crippen molar-refractivity contribution in [1.29, 1.82) is 0 Å². The number of likely N-dealkylation sites (tertiary alicyclic amines) is 1. The standard InChI is InChI=1S/C20H24N4O3/c1-13-15(20(26)23-16-8-4-5-10-18(16)27-3)12-21-19(22-13)17-9-6-7-11-24(17)14(2)25/h4-5,8,10,12,17H,6-7,9,11H2,1-3H3,(H,23,26). The summed E-state index contributed by atoms with van der Waals surface area (Å²) in [7, 11) is 1.55. The molecule has 2 amide bonds. The summed E-state index contributed by atoms with van der Waals surface area (Å²) in [4.78, 5) is 35.3. The number of hydrogen-bond acceptors (Lipinski definition) is 5. The summed E-state index contributed by atoms with van der Waals surface area (Å²) in [5, 5.41) is 2.84. The van der Waals surface area contributed by atoms with Crippen molar-refractivity contribution >= 4 is 17.5 Å². The number of carbonyl (C=O) groups excluding carboxylic acids is 2. The highest BCUT2D eigenvalue weighted by Gasteiger charge is 2.28. The van der Waals surface area contributed by atoms with Gasteiger partial charge in [0, 0.05) is 19.7 Å². The number of aryl methyl sites for hydroxylation is 1. The minimum Gasteiger partial charge on any atom is -0.495 e. The van der Waals surface area contributed by atoms with Crippen LogP contribution in [0.15, 0.2) is 30.5 Å². The lowest BCUT2D eigenvalue weighted by molar-refractivity contribution is -0.132. The zero-order chi connectivity index (χ0) is 19.4. The molecule has 0 bridgehead atoms. The molecule has 7 nitrogen and oxygen atoms in total. The van der Waals surface area contributed by atoms with Gasteiger partial charge in [-0.05, 0) is 38.3 Å². The van der Waals surface area contributed by atoms with Gasteiger partial charge in [0.15, 0.2) is 5.82 Å². The van der Waals surface area contributed by atoms with Crippen LogP contribution in [0, 0.1) is 6.92 Å². The smallest absolute Gasteiger partial charge is 0.259 e. The molecule has 1 aromatic heterocycles. The van der Waals surface area contributed by atoms with Gasteiger partial charge < -0.3 is 15.0 Å². The van der Waals surface area contributed by atoms with Crippen LogP contribution >= 0.6 is 0 Å². The number of ether oxygens (including phenoxy) is 1. The van der Waals surface area contributed by atoms with Gasteiger partial charge in [0.25, 0.3) is 5.91 Å². The van der Waals surface area contributed by atoms with E-state index >= 15 is 0 Å². The molecular formula is C20H24N4O3. The second-order valence-corrected chi connectivity index (χ2v) is 6.61. The Labute approximate surface area is 158 Å². The highest BCUT2D eigenvalue weighted by atomic mass is 16.5. The first-order valence-corrected chi connectivity index (χ1v) is 9.06. The Balaban J connectivity index is 1.82. The van der Waals surface area contributed by atoms with Crippen molar-refractivity contribution in [2.24, 2.45) is 0 Å². The molecule has 0 aliphatic carbocycles. The van der Waals surface area contributed by atoms with Gasteiger partial charge in [-0.3, -0.25) is 9.59 Å². The van der Waals surface area contributed by atoms with Crippen molar-refractivity contribution in [3.05, 3.63) is 47.5 Å². The fourth-order valence-electron chi connectivity index (χ4n) is 3.38. The molecule has 1 fully saturated rings. The van der Waals surface area contributed by atoms with E-state index in [-0.39, 0.29) is 17.9 Å². The number of rotatable bonds is 4. The Hall–Kier alpha value is -2.96. The summed E-state index contributed by atoms with van der Waals surface area (Å²) in [6, 6.07) is 7.09. The van der Waals surface area contributed by atoms with E-state index in [1.165, 1.54) is 6.20 Å². The van der Waals surface area contributed by atoms with Crippen LogP contribution in [0.1, 0.15) is 54.1 Å². The van der Waals surface area contributed by atoms with Crippen molar-refractivity contribution in [3.8, 4) is 5.75 Å². The molecule has 7 heteroatoms. The largest absolute Gasteiger partial charge is 0.495 e. The molecule has 2 heterocycles. The number of carbonyl (C=O) groups is 2. The van der Waals surface area contributed by atoms with Gasteiger partial charge in [0.05, 0.1) is 30.1 Å². The molecule has 27 heavy (non-hydrogen) atoms. The third-order valence-electron chi connectivity index (χ3n) is 4.80. The second-order valence-electron chi connectivity index (χ2n) is 6.61. The number of para-hydroxylation sites is 2. The SMILES string of the molecule is COc1ccccc1NC(=O)c1cnc(C2CCCCN2C(C)=O)nc1C. The van der Waals surface area contributed by atoms with Crippen molar-refractivity contribution in [2.75, 3.05) is 19.0 Å². The molecular weight excluding hydrogens is 344 g/mol. The summed E-state index contributed by atoms with van der Waals surface area (Å²) in [6.45, 7) is 4.07. The van der Waals surface area contributed by atoms with E-state index in [9.17, 15) is 9.59 Å². The lowest BCUT2D eigenvalue weighted by Gasteiger charge is -2.34.